The Bertz CT molecular complexity index is 993. The van der Waals surface area contributed by atoms with E-state index in [1.54, 1.807) is 0 Å². The van der Waals surface area contributed by atoms with Crippen molar-refractivity contribution >= 4 is 17.3 Å². The van der Waals surface area contributed by atoms with E-state index in [9.17, 15) is 4.79 Å². The highest BCUT2D eigenvalue weighted by Gasteiger charge is 2.28. The molecule has 3 aromatic rings. The van der Waals surface area contributed by atoms with Crippen molar-refractivity contribution in [3.05, 3.63) is 71.4 Å². The number of nitrogens with zero attached hydrogens (tertiary/aromatic N) is 3. The van der Waals surface area contributed by atoms with Gasteiger partial charge in [0.15, 0.2) is 5.82 Å². The predicted molar refractivity (Wildman–Crippen MR) is 102 cm³/mol. The Labute approximate surface area is 157 Å². The normalized spacial score (nSPS) is 15.6. The van der Waals surface area contributed by atoms with Crippen molar-refractivity contribution in [2.75, 3.05) is 16.8 Å². The van der Waals surface area contributed by atoms with Crippen molar-refractivity contribution in [1.82, 2.24) is 10.1 Å². The van der Waals surface area contributed by atoms with E-state index in [4.69, 9.17) is 4.52 Å². The molecule has 1 aliphatic carbocycles. The van der Waals surface area contributed by atoms with Crippen LogP contribution in [0.3, 0.4) is 0 Å². The molecule has 1 aromatic heterocycles. The Balaban J connectivity index is 1.29. The van der Waals surface area contributed by atoms with Crippen molar-refractivity contribution in [2.24, 2.45) is 0 Å². The van der Waals surface area contributed by atoms with Gasteiger partial charge in [-0.2, -0.15) is 4.98 Å². The summed E-state index contributed by atoms with van der Waals surface area (Å²) >= 11 is 0. The number of carbonyl (C=O) groups excluding carboxylic acids is 1. The lowest BCUT2D eigenvalue weighted by Gasteiger charge is -2.18. The molecule has 136 valence electrons. The van der Waals surface area contributed by atoms with Crippen molar-refractivity contribution < 1.29 is 9.32 Å². The maximum absolute atomic E-state index is 13.0. The maximum atomic E-state index is 13.0. The molecule has 0 spiro atoms. The van der Waals surface area contributed by atoms with Gasteiger partial charge in [0.05, 0.1) is 6.54 Å². The van der Waals surface area contributed by atoms with Crippen LogP contribution in [0.4, 0.5) is 11.4 Å². The molecule has 27 heavy (non-hydrogen) atoms. The number of amides is 1. The third kappa shape index (κ3) is 3.18. The van der Waals surface area contributed by atoms with Crippen molar-refractivity contribution in [2.45, 2.75) is 31.7 Å². The number of nitrogens with one attached hydrogen (secondary N) is 1. The monoisotopic (exact) mass is 360 g/mol. The molecule has 2 aliphatic rings. The second-order valence-electron chi connectivity index (χ2n) is 7.09. The fraction of sp³-hybridized carbons (Fsp3) is 0.286. The summed E-state index contributed by atoms with van der Waals surface area (Å²) in [5.41, 5.74) is 3.77. The van der Waals surface area contributed by atoms with Crippen LogP contribution in [0.15, 0.2) is 53.1 Å². The Hall–Kier alpha value is -3.15. The van der Waals surface area contributed by atoms with E-state index in [1.165, 1.54) is 5.56 Å². The SMILES string of the molecule is O=C(c1cccc(NCc2nc(C3CC3)no2)c1)N1CCc2ccccc21. The number of aromatic nitrogens is 2. The molecule has 6 heteroatoms. The second-order valence-corrected chi connectivity index (χ2v) is 7.09. The number of para-hydroxylation sites is 1. The Morgan fingerprint density at radius 1 is 1.19 bits per heavy atom. The molecule has 2 aromatic carbocycles. The van der Waals surface area contributed by atoms with E-state index in [2.05, 4.69) is 21.5 Å². The summed E-state index contributed by atoms with van der Waals surface area (Å²) in [6, 6.07) is 15.6. The largest absolute Gasteiger partial charge is 0.376 e. The Morgan fingerprint density at radius 3 is 2.96 bits per heavy atom. The minimum atomic E-state index is 0.0254. The van der Waals surface area contributed by atoms with Gasteiger partial charge >= 0.3 is 0 Å². The molecule has 0 radical (unpaired) electrons. The van der Waals surface area contributed by atoms with Crippen LogP contribution in [0.1, 0.15) is 46.4 Å². The van der Waals surface area contributed by atoms with Gasteiger partial charge < -0.3 is 14.7 Å². The molecule has 5 rings (SSSR count). The second kappa shape index (κ2) is 6.54. The van der Waals surface area contributed by atoms with Gasteiger partial charge in [-0.3, -0.25) is 4.79 Å². The number of carbonyl (C=O) groups is 1. The Morgan fingerprint density at radius 2 is 2.07 bits per heavy atom. The third-order valence-corrected chi connectivity index (χ3v) is 5.11. The van der Waals surface area contributed by atoms with Crippen LogP contribution in [-0.4, -0.2) is 22.6 Å². The Kier molecular flexibility index (Phi) is 3.89. The van der Waals surface area contributed by atoms with Crippen molar-refractivity contribution in [3.63, 3.8) is 0 Å². The van der Waals surface area contributed by atoms with Crippen LogP contribution in [0.25, 0.3) is 0 Å². The zero-order chi connectivity index (χ0) is 18.2. The van der Waals surface area contributed by atoms with Crippen LogP contribution >= 0.6 is 0 Å². The summed E-state index contributed by atoms with van der Waals surface area (Å²) < 4.78 is 5.29. The number of rotatable bonds is 5. The lowest BCUT2D eigenvalue weighted by molar-refractivity contribution is 0.0989. The average molecular weight is 360 g/mol. The minimum Gasteiger partial charge on any atom is -0.376 e. The molecule has 1 aliphatic heterocycles. The number of hydrogen-bond acceptors (Lipinski definition) is 5. The highest BCUT2D eigenvalue weighted by atomic mass is 16.5. The van der Waals surface area contributed by atoms with Gasteiger partial charge in [0.1, 0.15) is 0 Å². The van der Waals surface area contributed by atoms with Crippen LogP contribution in [0.5, 0.6) is 0 Å². The van der Waals surface area contributed by atoms with Crippen molar-refractivity contribution in [1.29, 1.82) is 0 Å². The van der Waals surface area contributed by atoms with Gasteiger partial charge in [0.2, 0.25) is 5.89 Å². The van der Waals surface area contributed by atoms with Crippen LogP contribution in [0, 0.1) is 0 Å². The number of anilines is 2. The molecule has 1 amide bonds. The van der Waals surface area contributed by atoms with E-state index in [1.807, 2.05) is 47.4 Å². The molecule has 1 N–H and O–H groups in total. The smallest absolute Gasteiger partial charge is 0.258 e. The standard InChI is InChI=1S/C21H20N4O2/c26-21(25-11-10-14-4-1-2-7-18(14)25)16-5-3-6-17(12-16)22-13-19-23-20(24-27-19)15-8-9-15/h1-7,12,15,22H,8-11,13H2. The molecule has 6 nitrogen and oxygen atoms in total. The zero-order valence-corrected chi connectivity index (χ0v) is 14.9. The lowest BCUT2D eigenvalue weighted by Crippen LogP contribution is -2.28. The minimum absolute atomic E-state index is 0.0254. The van der Waals surface area contributed by atoms with Gasteiger partial charge in [0.25, 0.3) is 5.91 Å². The first kappa shape index (κ1) is 16.1. The molecular weight excluding hydrogens is 340 g/mol. The average Bonchev–Trinajstić information content (AvgIpc) is 3.30. The topological polar surface area (TPSA) is 71.3 Å². The number of benzene rings is 2. The summed E-state index contributed by atoms with van der Waals surface area (Å²) in [6.07, 6.45) is 3.20. The van der Waals surface area contributed by atoms with Crippen LogP contribution in [0.2, 0.25) is 0 Å². The van der Waals surface area contributed by atoms with Gasteiger partial charge in [-0.25, -0.2) is 0 Å². The molecule has 0 bridgehead atoms. The third-order valence-electron chi connectivity index (χ3n) is 5.11. The maximum Gasteiger partial charge on any atom is 0.258 e. The fourth-order valence-corrected chi connectivity index (χ4v) is 3.49. The molecule has 1 saturated carbocycles. The van der Waals surface area contributed by atoms with E-state index >= 15 is 0 Å². The summed E-state index contributed by atoms with van der Waals surface area (Å²) in [5.74, 6) is 1.88. The fourth-order valence-electron chi connectivity index (χ4n) is 3.49. The van der Waals surface area contributed by atoms with Crippen LogP contribution < -0.4 is 10.2 Å². The first-order valence-corrected chi connectivity index (χ1v) is 9.34. The zero-order valence-electron chi connectivity index (χ0n) is 14.9. The summed E-state index contributed by atoms with van der Waals surface area (Å²) in [4.78, 5) is 19.3. The molecule has 0 atom stereocenters. The first-order valence-electron chi connectivity index (χ1n) is 9.34. The predicted octanol–water partition coefficient (Wildman–Crippen LogP) is 3.76. The van der Waals surface area contributed by atoms with E-state index in [-0.39, 0.29) is 5.91 Å². The van der Waals surface area contributed by atoms with Crippen molar-refractivity contribution in [3.8, 4) is 0 Å². The molecule has 0 saturated heterocycles. The molecule has 1 fully saturated rings. The van der Waals surface area contributed by atoms with Crippen LogP contribution in [-0.2, 0) is 13.0 Å². The molecule has 0 unspecified atom stereocenters. The van der Waals surface area contributed by atoms with Gasteiger partial charge in [-0.15, -0.1) is 0 Å². The number of fused-ring (bicyclic) bond motifs is 1. The summed E-state index contributed by atoms with van der Waals surface area (Å²) in [7, 11) is 0. The quantitative estimate of drug-likeness (QED) is 0.750. The highest BCUT2D eigenvalue weighted by Crippen LogP contribution is 2.38. The molecule has 2 heterocycles. The summed E-state index contributed by atoms with van der Waals surface area (Å²) in [6.45, 7) is 1.17. The highest BCUT2D eigenvalue weighted by molar-refractivity contribution is 6.07. The van der Waals surface area contributed by atoms with E-state index < -0.39 is 0 Å². The van der Waals surface area contributed by atoms with Gasteiger partial charge in [0, 0.05) is 29.4 Å². The summed E-state index contributed by atoms with van der Waals surface area (Å²) in [5, 5.41) is 7.29. The molecular formula is C21H20N4O2. The van der Waals surface area contributed by atoms with Gasteiger partial charge in [-0.05, 0) is 49.1 Å². The first-order chi connectivity index (χ1) is 13.3. The lowest BCUT2D eigenvalue weighted by atomic mass is 10.1. The van der Waals surface area contributed by atoms with E-state index in [0.29, 0.717) is 23.9 Å². The van der Waals surface area contributed by atoms with Gasteiger partial charge in [-0.1, -0.05) is 29.4 Å². The number of hydrogen-bond donors (Lipinski definition) is 1. The van der Waals surface area contributed by atoms with E-state index in [0.717, 1.165) is 43.0 Å².